The van der Waals surface area contributed by atoms with Gasteiger partial charge in [0.1, 0.15) is 0 Å². The molecule has 30 heavy (non-hydrogen) atoms. The Labute approximate surface area is 176 Å². The van der Waals surface area contributed by atoms with E-state index in [2.05, 4.69) is 9.88 Å². The monoisotopic (exact) mass is 434 g/mol. The zero-order chi connectivity index (χ0) is 21.1. The first-order valence-corrected chi connectivity index (χ1v) is 10.5. The van der Waals surface area contributed by atoms with Gasteiger partial charge in [-0.05, 0) is 29.8 Å². The maximum absolute atomic E-state index is 13.0. The number of aromatic nitrogens is 2. The first-order valence-electron chi connectivity index (χ1n) is 9.62. The molecule has 1 aromatic carbocycles. The second-order valence-corrected chi connectivity index (χ2v) is 8.10. The lowest BCUT2D eigenvalue weighted by Crippen LogP contribution is -2.33. The minimum Gasteiger partial charge on any atom is -0.337 e. The van der Waals surface area contributed by atoms with Crippen LogP contribution in [0.5, 0.6) is 0 Å². The van der Waals surface area contributed by atoms with E-state index in [1.807, 2.05) is 28.3 Å². The van der Waals surface area contributed by atoms with Crippen molar-refractivity contribution in [1.29, 1.82) is 0 Å². The lowest BCUT2D eigenvalue weighted by atomic mass is 10.1. The summed E-state index contributed by atoms with van der Waals surface area (Å²) in [5.74, 6) is -0.0368. The summed E-state index contributed by atoms with van der Waals surface area (Å²) in [5, 5.41) is 2.82. The van der Waals surface area contributed by atoms with Crippen LogP contribution in [0.25, 0.3) is 5.13 Å². The van der Waals surface area contributed by atoms with Crippen LogP contribution in [0.2, 0.25) is 0 Å². The molecule has 0 aliphatic carbocycles. The Morgan fingerprint density at radius 1 is 1.07 bits per heavy atom. The number of rotatable bonds is 5. The predicted molar refractivity (Wildman–Crippen MR) is 108 cm³/mol. The molecule has 9 heteroatoms. The third-order valence-corrected chi connectivity index (χ3v) is 5.92. The molecule has 0 unspecified atom stereocenters. The Kier molecular flexibility index (Phi) is 5.92. The number of amides is 1. The van der Waals surface area contributed by atoms with E-state index in [-0.39, 0.29) is 12.5 Å². The average Bonchev–Trinajstić information content (AvgIpc) is 3.36. The van der Waals surface area contributed by atoms with Crippen LogP contribution in [0.4, 0.5) is 13.2 Å². The Morgan fingerprint density at radius 3 is 2.70 bits per heavy atom. The molecule has 0 bridgehead atoms. The summed E-state index contributed by atoms with van der Waals surface area (Å²) in [6, 6.07) is 9.20. The smallest absolute Gasteiger partial charge is 0.337 e. The maximum atomic E-state index is 13.0. The Morgan fingerprint density at radius 2 is 1.93 bits per heavy atom. The van der Waals surface area contributed by atoms with Gasteiger partial charge in [0, 0.05) is 62.6 Å². The topological polar surface area (TPSA) is 41.4 Å². The van der Waals surface area contributed by atoms with Crippen molar-refractivity contribution in [2.45, 2.75) is 25.7 Å². The summed E-state index contributed by atoms with van der Waals surface area (Å²) in [5.41, 5.74) is 0.889. The Hall–Kier alpha value is -2.65. The third-order valence-electron chi connectivity index (χ3n) is 5.15. The summed E-state index contributed by atoms with van der Waals surface area (Å²) in [6.07, 6.45) is -0.310. The Balaban J connectivity index is 1.41. The van der Waals surface area contributed by atoms with E-state index in [0.29, 0.717) is 38.2 Å². The molecular weight excluding hydrogens is 413 g/mol. The first kappa shape index (κ1) is 20.6. The fourth-order valence-corrected chi connectivity index (χ4v) is 4.25. The van der Waals surface area contributed by atoms with Crippen molar-refractivity contribution in [1.82, 2.24) is 19.4 Å². The van der Waals surface area contributed by atoms with Crippen molar-refractivity contribution < 1.29 is 18.0 Å². The zero-order valence-electron chi connectivity index (χ0n) is 16.2. The van der Waals surface area contributed by atoms with Crippen molar-refractivity contribution in [2.24, 2.45) is 0 Å². The van der Waals surface area contributed by atoms with Gasteiger partial charge in [-0.3, -0.25) is 14.3 Å². The third kappa shape index (κ3) is 4.73. The number of benzene rings is 1. The Bertz CT molecular complexity index is 1000. The van der Waals surface area contributed by atoms with Gasteiger partial charge in [0.25, 0.3) is 0 Å². The van der Waals surface area contributed by atoms with Crippen LogP contribution < -0.4 is 0 Å². The SMILES string of the molecule is O=C1CCN(Cc2cccn2-c2nccs2)CCN1Cc1cccc(C(F)(F)F)c1. The molecule has 1 aliphatic heterocycles. The van der Waals surface area contributed by atoms with E-state index in [9.17, 15) is 18.0 Å². The first-order chi connectivity index (χ1) is 14.4. The van der Waals surface area contributed by atoms with Crippen LogP contribution in [0.15, 0.2) is 54.2 Å². The summed E-state index contributed by atoms with van der Waals surface area (Å²) in [7, 11) is 0. The quantitative estimate of drug-likeness (QED) is 0.605. The van der Waals surface area contributed by atoms with Crippen LogP contribution in [-0.4, -0.2) is 44.9 Å². The standard InChI is InChI=1S/C21H21F3N4OS/c22-21(23,24)17-4-1-3-16(13-17)14-27-11-10-26(9-6-19(27)29)15-18-5-2-8-28(18)20-25-7-12-30-20/h1-5,7-8,12-13H,6,9-11,14-15H2. The second-order valence-electron chi connectivity index (χ2n) is 7.22. The molecule has 2 aromatic heterocycles. The molecule has 158 valence electrons. The lowest BCUT2D eigenvalue weighted by Gasteiger charge is -2.23. The van der Waals surface area contributed by atoms with Crippen LogP contribution in [0.1, 0.15) is 23.2 Å². The van der Waals surface area contributed by atoms with Gasteiger partial charge in [0.05, 0.1) is 5.56 Å². The highest BCUT2D eigenvalue weighted by Crippen LogP contribution is 2.30. The zero-order valence-corrected chi connectivity index (χ0v) is 17.0. The van der Waals surface area contributed by atoms with E-state index in [1.54, 1.807) is 28.5 Å². The molecule has 0 atom stereocenters. The number of carbonyl (C=O) groups is 1. The fraction of sp³-hybridized carbons (Fsp3) is 0.333. The molecule has 1 fully saturated rings. The van der Waals surface area contributed by atoms with E-state index >= 15 is 0 Å². The number of thiazole rings is 1. The molecule has 0 spiro atoms. The normalized spacial score (nSPS) is 16.1. The minimum atomic E-state index is -4.39. The van der Waals surface area contributed by atoms with Crippen LogP contribution >= 0.6 is 11.3 Å². The molecular formula is C21H21F3N4OS. The van der Waals surface area contributed by atoms with Crippen LogP contribution in [0.3, 0.4) is 0 Å². The lowest BCUT2D eigenvalue weighted by molar-refractivity contribution is -0.137. The van der Waals surface area contributed by atoms with Gasteiger partial charge in [-0.2, -0.15) is 13.2 Å². The van der Waals surface area contributed by atoms with Crippen molar-refractivity contribution in [3.63, 3.8) is 0 Å². The number of alkyl halides is 3. The van der Waals surface area contributed by atoms with Crippen molar-refractivity contribution >= 4 is 17.2 Å². The van der Waals surface area contributed by atoms with Crippen molar-refractivity contribution in [3.05, 3.63) is 71.0 Å². The minimum absolute atomic E-state index is 0.0368. The number of carbonyl (C=O) groups excluding carboxylic acids is 1. The van der Waals surface area contributed by atoms with Crippen molar-refractivity contribution in [2.75, 3.05) is 19.6 Å². The molecule has 0 N–H and O–H groups in total. The van der Waals surface area contributed by atoms with Gasteiger partial charge < -0.3 is 4.90 Å². The molecule has 0 saturated carbocycles. The van der Waals surface area contributed by atoms with E-state index in [1.165, 1.54) is 6.07 Å². The molecule has 3 heterocycles. The van der Waals surface area contributed by atoms with Gasteiger partial charge in [-0.15, -0.1) is 11.3 Å². The molecule has 5 nitrogen and oxygen atoms in total. The molecule has 1 aliphatic rings. The van der Waals surface area contributed by atoms with Crippen LogP contribution in [0, 0.1) is 0 Å². The molecule has 1 amide bonds. The average molecular weight is 434 g/mol. The predicted octanol–water partition coefficient (Wildman–Crippen LogP) is 4.19. The number of nitrogens with zero attached hydrogens (tertiary/aromatic N) is 4. The summed E-state index contributed by atoms with van der Waals surface area (Å²) < 4.78 is 40.9. The highest BCUT2D eigenvalue weighted by molar-refractivity contribution is 7.12. The summed E-state index contributed by atoms with van der Waals surface area (Å²) in [4.78, 5) is 20.8. The molecule has 1 saturated heterocycles. The number of hydrogen-bond acceptors (Lipinski definition) is 4. The van der Waals surface area contributed by atoms with Gasteiger partial charge in [-0.1, -0.05) is 12.1 Å². The highest BCUT2D eigenvalue weighted by atomic mass is 32.1. The molecule has 4 rings (SSSR count). The van der Waals surface area contributed by atoms with Gasteiger partial charge in [0.15, 0.2) is 5.13 Å². The summed E-state index contributed by atoms with van der Waals surface area (Å²) in [6.45, 7) is 2.62. The number of hydrogen-bond donors (Lipinski definition) is 0. The number of halogens is 3. The van der Waals surface area contributed by atoms with Gasteiger partial charge in [0.2, 0.25) is 5.91 Å². The second kappa shape index (κ2) is 8.61. The molecule has 0 radical (unpaired) electrons. The van der Waals surface area contributed by atoms with E-state index in [4.69, 9.17) is 0 Å². The van der Waals surface area contributed by atoms with Gasteiger partial charge >= 0.3 is 6.18 Å². The largest absolute Gasteiger partial charge is 0.416 e. The van der Waals surface area contributed by atoms with Gasteiger partial charge in [-0.25, -0.2) is 4.98 Å². The maximum Gasteiger partial charge on any atom is 0.416 e. The fourth-order valence-electron chi connectivity index (χ4n) is 3.60. The van der Waals surface area contributed by atoms with E-state index < -0.39 is 11.7 Å². The summed E-state index contributed by atoms with van der Waals surface area (Å²) >= 11 is 1.56. The highest BCUT2D eigenvalue weighted by Gasteiger charge is 2.30. The van der Waals surface area contributed by atoms with Crippen molar-refractivity contribution in [3.8, 4) is 5.13 Å². The molecule has 3 aromatic rings. The van der Waals surface area contributed by atoms with Crippen LogP contribution in [-0.2, 0) is 24.1 Å². The van der Waals surface area contributed by atoms with E-state index in [0.717, 1.165) is 23.0 Å².